The summed E-state index contributed by atoms with van der Waals surface area (Å²) in [5.41, 5.74) is 1.02. The predicted molar refractivity (Wildman–Crippen MR) is 156 cm³/mol. The fourth-order valence-electron chi connectivity index (χ4n) is 1.74. The van der Waals surface area contributed by atoms with E-state index in [0.717, 1.165) is 11.3 Å². The number of rotatable bonds is 11. The minimum absolute atomic E-state index is 0.00558. The van der Waals surface area contributed by atoms with Crippen molar-refractivity contribution in [2.45, 2.75) is 87.5 Å². The van der Waals surface area contributed by atoms with Gasteiger partial charge in [-0.2, -0.15) is 12.6 Å². The largest absolute Gasteiger partial charge is 0.481 e. The molecule has 0 amide bonds. The maximum absolute atomic E-state index is 11.5. The Morgan fingerprint density at radius 2 is 1.58 bits per heavy atom. The molecule has 0 aliphatic carbocycles. The molecular formula is C28H51NO6S. The highest BCUT2D eigenvalue weighted by Crippen LogP contribution is 2.12. The Balaban J connectivity index is -0.000000208. The summed E-state index contributed by atoms with van der Waals surface area (Å²) in [4.78, 5) is 25.5. The molecule has 0 radical (unpaired) electrons. The van der Waals surface area contributed by atoms with Gasteiger partial charge in [0.15, 0.2) is 0 Å². The Kier molecular flexibility index (Phi) is 51.2. The molecule has 210 valence electrons. The average molecular weight is 530 g/mol. The Morgan fingerprint density at radius 1 is 1.11 bits per heavy atom. The molecule has 0 fully saturated rings. The molecule has 0 atom stereocenters. The normalized spacial score (nSPS) is 7.89. The van der Waals surface area contributed by atoms with E-state index in [1.165, 1.54) is 6.42 Å². The van der Waals surface area contributed by atoms with E-state index in [0.29, 0.717) is 25.0 Å². The van der Waals surface area contributed by atoms with Gasteiger partial charge in [-0.1, -0.05) is 79.0 Å². The summed E-state index contributed by atoms with van der Waals surface area (Å²) in [5, 5.41) is 9.07. The maximum atomic E-state index is 11.5. The molecular weight excluding hydrogens is 478 g/mol. The van der Waals surface area contributed by atoms with E-state index in [2.05, 4.69) is 43.8 Å². The third-order valence-corrected chi connectivity index (χ3v) is 2.87. The zero-order chi connectivity index (χ0) is 29.0. The Labute approximate surface area is 226 Å². The van der Waals surface area contributed by atoms with Crippen LogP contribution < -0.4 is 4.74 Å². The van der Waals surface area contributed by atoms with Gasteiger partial charge in [-0.05, 0) is 43.2 Å². The molecule has 0 aromatic heterocycles. The van der Waals surface area contributed by atoms with Crippen molar-refractivity contribution in [3.05, 3.63) is 52.6 Å². The minimum atomic E-state index is -0.846. The van der Waals surface area contributed by atoms with E-state index in [4.69, 9.17) is 15.9 Å². The van der Waals surface area contributed by atoms with Crippen LogP contribution in [0.15, 0.2) is 36.9 Å². The van der Waals surface area contributed by atoms with Crippen LogP contribution in [0.4, 0.5) is 0 Å². The molecule has 0 saturated carbocycles. The summed E-state index contributed by atoms with van der Waals surface area (Å²) in [6.07, 6.45) is 9.86. The van der Waals surface area contributed by atoms with Crippen molar-refractivity contribution in [2.75, 3.05) is 25.6 Å². The average Bonchev–Trinajstić information content (AvgIpc) is 2.87. The van der Waals surface area contributed by atoms with E-state index in [1.54, 1.807) is 6.08 Å². The molecule has 1 rings (SSSR count). The SMILES string of the molecule is C#CCOc1ccc(CCOC(=O)CCCCO[N+](=O)[O-])cc1.C=CC.CC.CC.CCC.CCS. The second-order valence-corrected chi connectivity index (χ2v) is 6.69. The van der Waals surface area contributed by atoms with Gasteiger partial charge in [0, 0.05) is 12.8 Å². The van der Waals surface area contributed by atoms with Crippen LogP contribution in [0.5, 0.6) is 5.75 Å². The number of terminal acetylenes is 1. The van der Waals surface area contributed by atoms with E-state index in [-0.39, 0.29) is 32.2 Å². The molecule has 7 nitrogen and oxygen atoms in total. The second kappa shape index (κ2) is 42.5. The third-order valence-electron chi connectivity index (χ3n) is 2.87. The Bertz CT molecular complexity index is 613. The number of benzene rings is 1. The van der Waals surface area contributed by atoms with Crippen LogP contribution >= 0.6 is 12.6 Å². The monoisotopic (exact) mass is 529 g/mol. The predicted octanol–water partition coefficient (Wildman–Crippen LogP) is 7.76. The van der Waals surface area contributed by atoms with Crippen LogP contribution in [-0.4, -0.2) is 36.6 Å². The second-order valence-electron chi connectivity index (χ2n) is 6.05. The van der Waals surface area contributed by atoms with Gasteiger partial charge in [-0.15, -0.1) is 23.1 Å². The molecule has 0 N–H and O–H groups in total. The smallest absolute Gasteiger partial charge is 0.305 e. The highest BCUT2D eigenvalue weighted by Gasteiger charge is 2.04. The van der Waals surface area contributed by atoms with E-state index < -0.39 is 5.09 Å². The lowest BCUT2D eigenvalue weighted by Gasteiger charge is -2.06. The zero-order valence-electron chi connectivity index (χ0n) is 23.9. The summed E-state index contributed by atoms with van der Waals surface area (Å²) in [7, 11) is 0. The van der Waals surface area contributed by atoms with Gasteiger partial charge < -0.3 is 14.3 Å². The lowest BCUT2D eigenvalue weighted by Crippen LogP contribution is -2.08. The molecule has 0 aliphatic rings. The third kappa shape index (κ3) is 44.9. The van der Waals surface area contributed by atoms with E-state index in [1.807, 2.05) is 65.8 Å². The Morgan fingerprint density at radius 3 is 2.00 bits per heavy atom. The number of carbonyl (C=O) groups excluding carboxylic acids is 1. The lowest BCUT2D eigenvalue weighted by atomic mass is 10.1. The summed E-state index contributed by atoms with van der Waals surface area (Å²) in [6, 6.07) is 7.39. The molecule has 8 heteroatoms. The number of nitrogens with zero attached hydrogens (tertiary/aromatic N) is 1. The summed E-state index contributed by atoms with van der Waals surface area (Å²) >= 11 is 3.79. The van der Waals surface area contributed by atoms with Crippen LogP contribution in [0.2, 0.25) is 0 Å². The standard InChI is InChI=1S/C16H19NO6.C3H8.C3H6.C2H6S.2C2H6/c1-2-11-21-15-8-6-14(7-9-15)10-13-22-16(18)5-3-4-12-23-17(19)20;2*1-3-2;1-2-3;2*1-2/h1,6-9H,3-5,10-13H2;3H2,1-2H3;3H,1H2,2H3;3H,2H2,1H3;2*1-2H3. The molecule has 0 aliphatic heterocycles. The number of allylic oxidation sites excluding steroid dienone is 1. The van der Waals surface area contributed by atoms with Crippen LogP contribution in [0.3, 0.4) is 0 Å². The topological polar surface area (TPSA) is 87.9 Å². The van der Waals surface area contributed by atoms with Crippen LogP contribution in [0.25, 0.3) is 0 Å². The summed E-state index contributed by atoms with van der Waals surface area (Å²) in [6.45, 7) is 20.0. The van der Waals surface area contributed by atoms with Crippen molar-refractivity contribution in [3.8, 4) is 18.1 Å². The molecule has 1 aromatic rings. The van der Waals surface area contributed by atoms with Gasteiger partial charge in [-0.3, -0.25) is 4.79 Å². The molecule has 0 bridgehead atoms. The first-order valence-electron chi connectivity index (χ1n) is 12.6. The van der Waals surface area contributed by atoms with Crippen LogP contribution in [0.1, 0.15) is 86.6 Å². The van der Waals surface area contributed by atoms with Crippen molar-refractivity contribution in [2.24, 2.45) is 0 Å². The number of unbranched alkanes of at least 4 members (excludes halogenated alkanes) is 1. The van der Waals surface area contributed by atoms with Gasteiger partial charge in [0.05, 0.1) is 13.2 Å². The molecule has 1 aromatic carbocycles. The number of hydrogen-bond acceptors (Lipinski definition) is 7. The Hall–Kier alpha value is -2.66. The van der Waals surface area contributed by atoms with Gasteiger partial charge >= 0.3 is 5.97 Å². The highest BCUT2D eigenvalue weighted by atomic mass is 32.1. The first-order chi connectivity index (χ1) is 17.4. The van der Waals surface area contributed by atoms with Crippen molar-refractivity contribution < 1.29 is 24.2 Å². The molecule has 36 heavy (non-hydrogen) atoms. The van der Waals surface area contributed by atoms with E-state index >= 15 is 0 Å². The first kappa shape index (κ1) is 43.4. The van der Waals surface area contributed by atoms with E-state index in [9.17, 15) is 14.9 Å². The van der Waals surface area contributed by atoms with Gasteiger partial charge in [0.2, 0.25) is 0 Å². The van der Waals surface area contributed by atoms with Crippen molar-refractivity contribution in [1.29, 1.82) is 0 Å². The molecule has 0 saturated heterocycles. The van der Waals surface area contributed by atoms with Crippen LogP contribution in [-0.2, 0) is 20.8 Å². The minimum Gasteiger partial charge on any atom is -0.481 e. The quantitative estimate of drug-likeness (QED) is 0.0599. The summed E-state index contributed by atoms with van der Waals surface area (Å²) < 4.78 is 10.4. The highest BCUT2D eigenvalue weighted by molar-refractivity contribution is 7.80. The molecule has 0 unspecified atom stereocenters. The van der Waals surface area contributed by atoms with Crippen molar-refractivity contribution in [1.82, 2.24) is 0 Å². The zero-order valence-corrected chi connectivity index (χ0v) is 24.8. The first-order valence-corrected chi connectivity index (χ1v) is 13.3. The fourth-order valence-corrected chi connectivity index (χ4v) is 1.74. The van der Waals surface area contributed by atoms with Crippen molar-refractivity contribution >= 4 is 18.6 Å². The summed E-state index contributed by atoms with van der Waals surface area (Å²) in [5.74, 6) is 3.71. The number of ether oxygens (including phenoxy) is 2. The van der Waals surface area contributed by atoms with Crippen LogP contribution in [0, 0.1) is 22.5 Å². The van der Waals surface area contributed by atoms with Crippen molar-refractivity contribution in [3.63, 3.8) is 0 Å². The number of thiol groups is 1. The number of carbonyl (C=O) groups is 1. The van der Waals surface area contributed by atoms with Gasteiger partial charge in [0.25, 0.3) is 5.09 Å². The fraction of sp³-hybridized carbons (Fsp3) is 0.607. The number of hydrogen-bond donors (Lipinski definition) is 1. The lowest BCUT2D eigenvalue weighted by molar-refractivity contribution is -0.757. The molecule has 0 heterocycles. The molecule has 0 spiro atoms. The van der Waals surface area contributed by atoms with Gasteiger partial charge in [0.1, 0.15) is 12.4 Å². The maximum Gasteiger partial charge on any atom is 0.305 e. The number of esters is 1. The van der Waals surface area contributed by atoms with Gasteiger partial charge in [-0.25, -0.2) is 0 Å².